The quantitative estimate of drug-likeness (QED) is 0.797. The fourth-order valence-corrected chi connectivity index (χ4v) is 2.24. The van der Waals surface area contributed by atoms with E-state index in [4.69, 9.17) is 4.52 Å². The molecule has 0 atom stereocenters. The van der Waals surface area contributed by atoms with E-state index in [1.165, 1.54) is 5.56 Å². The number of carbonyl (C=O) groups is 1. The highest BCUT2D eigenvalue weighted by Gasteiger charge is 2.12. The van der Waals surface area contributed by atoms with Crippen LogP contribution in [-0.2, 0) is 11.2 Å². The summed E-state index contributed by atoms with van der Waals surface area (Å²) in [5.41, 5.74) is 4.52. The Labute approximate surface area is 122 Å². The first-order chi connectivity index (χ1) is 10.1. The van der Waals surface area contributed by atoms with E-state index >= 15 is 0 Å². The molecule has 4 nitrogen and oxygen atoms in total. The zero-order valence-electron chi connectivity index (χ0n) is 12.0. The average molecular weight is 280 g/mol. The van der Waals surface area contributed by atoms with Crippen LogP contribution in [0.4, 0.5) is 5.69 Å². The highest BCUT2D eigenvalue weighted by atomic mass is 16.5. The SMILES string of the molecule is Cc1ccc(NC(=O)Cc2noc3ccccc23)cc1C. The number of rotatable bonds is 3. The van der Waals surface area contributed by atoms with Crippen LogP contribution in [0.5, 0.6) is 0 Å². The van der Waals surface area contributed by atoms with E-state index in [1.54, 1.807) is 0 Å². The van der Waals surface area contributed by atoms with E-state index < -0.39 is 0 Å². The highest BCUT2D eigenvalue weighted by molar-refractivity contribution is 5.94. The Morgan fingerprint density at radius 3 is 2.76 bits per heavy atom. The molecule has 0 saturated carbocycles. The van der Waals surface area contributed by atoms with E-state index in [-0.39, 0.29) is 12.3 Å². The van der Waals surface area contributed by atoms with E-state index in [1.807, 2.05) is 56.3 Å². The third-order valence-corrected chi connectivity index (χ3v) is 3.57. The van der Waals surface area contributed by atoms with Crippen molar-refractivity contribution in [2.75, 3.05) is 5.32 Å². The number of hydrogen-bond donors (Lipinski definition) is 1. The van der Waals surface area contributed by atoms with E-state index in [0.717, 1.165) is 16.6 Å². The zero-order valence-corrected chi connectivity index (χ0v) is 12.0. The molecule has 0 aliphatic rings. The molecule has 0 aliphatic carbocycles. The number of aromatic nitrogens is 1. The Balaban J connectivity index is 1.75. The summed E-state index contributed by atoms with van der Waals surface area (Å²) >= 11 is 0. The highest BCUT2D eigenvalue weighted by Crippen LogP contribution is 2.19. The van der Waals surface area contributed by atoms with Gasteiger partial charge in [-0.3, -0.25) is 4.79 Å². The number of nitrogens with zero attached hydrogens (tertiary/aromatic N) is 1. The first kappa shape index (κ1) is 13.4. The summed E-state index contributed by atoms with van der Waals surface area (Å²) in [6.45, 7) is 4.07. The normalized spacial score (nSPS) is 10.8. The molecule has 0 spiro atoms. The predicted molar refractivity (Wildman–Crippen MR) is 82.3 cm³/mol. The molecule has 0 radical (unpaired) electrons. The number of amides is 1. The largest absolute Gasteiger partial charge is 0.356 e. The Bertz CT molecular complexity index is 805. The summed E-state index contributed by atoms with van der Waals surface area (Å²) in [4.78, 5) is 12.1. The number of aryl methyl sites for hydroxylation is 2. The Kier molecular flexibility index (Phi) is 3.44. The summed E-state index contributed by atoms with van der Waals surface area (Å²) in [5.74, 6) is -0.0997. The lowest BCUT2D eigenvalue weighted by Crippen LogP contribution is -2.14. The first-order valence-corrected chi connectivity index (χ1v) is 6.84. The first-order valence-electron chi connectivity index (χ1n) is 6.84. The molecule has 2 aromatic carbocycles. The number of carbonyl (C=O) groups excluding carboxylic acids is 1. The number of fused-ring (bicyclic) bond motifs is 1. The van der Waals surface area contributed by atoms with Gasteiger partial charge < -0.3 is 9.84 Å². The maximum absolute atomic E-state index is 12.1. The summed E-state index contributed by atoms with van der Waals surface area (Å²) in [7, 11) is 0. The molecule has 1 aromatic heterocycles. The van der Waals surface area contributed by atoms with Gasteiger partial charge in [0.15, 0.2) is 5.58 Å². The topological polar surface area (TPSA) is 55.1 Å². The second kappa shape index (κ2) is 5.40. The van der Waals surface area contributed by atoms with Crippen LogP contribution in [0.3, 0.4) is 0 Å². The van der Waals surface area contributed by atoms with Crippen molar-refractivity contribution in [2.45, 2.75) is 20.3 Å². The molecular formula is C17H16N2O2. The fraction of sp³-hybridized carbons (Fsp3) is 0.176. The van der Waals surface area contributed by atoms with Crippen molar-refractivity contribution in [3.05, 3.63) is 59.3 Å². The number of nitrogens with one attached hydrogen (secondary N) is 1. The van der Waals surface area contributed by atoms with Gasteiger partial charge in [0.25, 0.3) is 0 Å². The molecule has 0 bridgehead atoms. The van der Waals surface area contributed by atoms with Gasteiger partial charge in [-0.1, -0.05) is 23.4 Å². The van der Waals surface area contributed by atoms with Crippen molar-refractivity contribution < 1.29 is 9.32 Å². The van der Waals surface area contributed by atoms with Gasteiger partial charge in [0.05, 0.1) is 6.42 Å². The molecule has 3 rings (SSSR count). The molecule has 4 heteroatoms. The zero-order chi connectivity index (χ0) is 14.8. The Morgan fingerprint density at radius 1 is 1.14 bits per heavy atom. The lowest BCUT2D eigenvalue weighted by atomic mass is 10.1. The van der Waals surface area contributed by atoms with Gasteiger partial charge in [0.2, 0.25) is 5.91 Å². The molecular weight excluding hydrogens is 264 g/mol. The molecule has 1 amide bonds. The third-order valence-electron chi connectivity index (χ3n) is 3.57. The van der Waals surface area contributed by atoms with Crippen molar-refractivity contribution in [3.63, 3.8) is 0 Å². The molecule has 3 aromatic rings. The van der Waals surface area contributed by atoms with Gasteiger partial charge in [-0.2, -0.15) is 0 Å². The summed E-state index contributed by atoms with van der Waals surface area (Å²) in [6, 6.07) is 13.4. The van der Waals surface area contributed by atoms with Gasteiger partial charge in [-0.15, -0.1) is 0 Å². The predicted octanol–water partition coefficient (Wildman–Crippen LogP) is 3.63. The maximum atomic E-state index is 12.1. The van der Waals surface area contributed by atoms with E-state index in [0.29, 0.717) is 11.3 Å². The summed E-state index contributed by atoms with van der Waals surface area (Å²) in [6.07, 6.45) is 0.198. The van der Waals surface area contributed by atoms with Crippen molar-refractivity contribution >= 4 is 22.6 Å². The van der Waals surface area contributed by atoms with Crippen LogP contribution >= 0.6 is 0 Å². The van der Waals surface area contributed by atoms with Crippen molar-refractivity contribution in [2.24, 2.45) is 0 Å². The molecule has 0 saturated heterocycles. The minimum Gasteiger partial charge on any atom is -0.356 e. The smallest absolute Gasteiger partial charge is 0.230 e. The number of para-hydroxylation sites is 1. The second-order valence-electron chi connectivity index (χ2n) is 5.15. The number of hydrogen-bond acceptors (Lipinski definition) is 3. The molecule has 0 unspecified atom stereocenters. The standard InChI is InChI=1S/C17H16N2O2/c1-11-7-8-13(9-12(11)2)18-17(20)10-15-14-5-3-4-6-16(14)21-19-15/h3-9H,10H2,1-2H3,(H,18,20). The number of anilines is 1. The van der Waals surface area contributed by atoms with Crippen LogP contribution in [-0.4, -0.2) is 11.1 Å². The van der Waals surface area contributed by atoms with E-state index in [2.05, 4.69) is 10.5 Å². The third kappa shape index (κ3) is 2.79. The minimum atomic E-state index is -0.0997. The van der Waals surface area contributed by atoms with Crippen LogP contribution in [0.1, 0.15) is 16.8 Å². The lowest BCUT2D eigenvalue weighted by Gasteiger charge is -2.06. The van der Waals surface area contributed by atoms with Crippen LogP contribution < -0.4 is 5.32 Å². The lowest BCUT2D eigenvalue weighted by molar-refractivity contribution is -0.115. The Hall–Kier alpha value is -2.62. The maximum Gasteiger partial charge on any atom is 0.230 e. The molecule has 1 heterocycles. The second-order valence-corrected chi connectivity index (χ2v) is 5.15. The molecule has 21 heavy (non-hydrogen) atoms. The van der Waals surface area contributed by atoms with Crippen molar-refractivity contribution in [3.8, 4) is 0 Å². The van der Waals surface area contributed by atoms with Gasteiger partial charge in [0.1, 0.15) is 5.69 Å². The van der Waals surface area contributed by atoms with Gasteiger partial charge in [-0.05, 0) is 49.2 Å². The van der Waals surface area contributed by atoms with Crippen molar-refractivity contribution in [1.29, 1.82) is 0 Å². The van der Waals surface area contributed by atoms with Gasteiger partial charge in [0, 0.05) is 11.1 Å². The van der Waals surface area contributed by atoms with Crippen LogP contribution in [0, 0.1) is 13.8 Å². The molecule has 1 N–H and O–H groups in total. The average Bonchev–Trinajstić information content (AvgIpc) is 2.86. The van der Waals surface area contributed by atoms with Crippen molar-refractivity contribution in [1.82, 2.24) is 5.16 Å². The Morgan fingerprint density at radius 2 is 1.95 bits per heavy atom. The summed E-state index contributed by atoms with van der Waals surface area (Å²) < 4.78 is 5.20. The minimum absolute atomic E-state index is 0.0997. The molecule has 106 valence electrons. The van der Waals surface area contributed by atoms with E-state index in [9.17, 15) is 4.79 Å². The summed E-state index contributed by atoms with van der Waals surface area (Å²) in [5, 5.41) is 7.75. The van der Waals surface area contributed by atoms with Crippen LogP contribution in [0.15, 0.2) is 47.0 Å². The van der Waals surface area contributed by atoms with Gasteiger partial charge >= 0.3 is 0 Å². The molecule has 0 aliphatic heterocycles. The van der Waals surface area contributed by atoms with Gasteiger partial charge in [-0.25, -0.2) is 0 Å². The fourth-order valence-electron chi connectivity index (χ4n) is 2.24. The van der Waals surface area contributed by atoms with Crippen LogP contribution in [0.2, 0.25) is 0 Å². The number of benzene rings is 2. The molecule has 0 fully saturated rings. The van der Waals surface area contributed by atoms with Crippen LogP contribution in [0.25, 0.3) is 11.0 Å². The monoisotopic (exact) mass is 280 g/mol.